The van der Waals surface area contributed by atoms with Crippen LogP contribution in [0, 0.1) is 6.92 Å². The molecule has 3 N–H and O–H groups in total. The number of aromatic nitrogens is 4. The Kier molecular flexibility index (Phi) is 5.81. The lowest BCUT2D eigenvalue weighted by atomic mass is 10.1. The van der Waals surface area contributed by atoms with Gasteiger partial charge in [-0.3, -0.25) is 4.57 Å². The van der Waals surface area contributed by atoms with Crippen molar-refractivity contribution >= 4 is 28.7 Å². The standard InChI is InChI=1S/C21H25N5O4S/c1-12-2-4-14(5-3-12)31-9-15-17(27)18(28)21(30-15)26-11-24-16-19(22-10-23-20(16)26)25-13-6-7-29-8-13/h2-5,10-11,13,15,17-18,21,27-28H,6-9H2,1H3,(H,22,23,25)/t13-,15?,17?,18-,21?/m1/s1. The number of aryl methyl sites for hydroxylation is 1. The number of hydrogen-bond donors (Lipinski definition) is 3. The van der Waals surface area contributed by atoms with Gasteiger partial charge in [0.15, 0.2) is 23.2 Å². The fourth-order valence-corrected chi connectivity index (χ4v) is 4.86. The SMILES string of the molecule is Cc1ccc(SCC2OC(n3cnc4c(N[C@@H]5CCOC5)ncnc43)[C@H](O)C2O)cc1. The number of nitrogens with zero attached hydrogens (tertiary/aromatic N) is 4. The monoisotopic (exact) mass is 443 g/mol. The van der Waals surface area contributed by atoms with E-state index in [1.165, 1.54) is 11.9 Å². The molecule has 2 aromatic heterocycles. The van der Waals surface area contributed by atoms with Crippen molar-refractivity contribution in [3.63, 3.8) is 0 Å². The maximum absolute atomic E-state index is 10.7. The highest BCUT2D eigenvalue weighted by Gasteiger charge is 2.44. The molecule has 2 aliphatic rings. The van der Waals surface area contributed by atoms with E-state index in [0.717, 1.165) is 17.9 Å². The molecule has 0 amide bonds. The Balaban J connectivity index is 1.33. The van der Waals surface area contributed by atoms with Gasteiger partial charge in [-0.2, -0.15) is 0 Å². The molecule has 10 heteroatoms. The molecular weight excluding hydrogens is 418 g/mol. The number of anilines is 1. The summed E-state index contributed by atoms with van der Waals surface area (Å²) in [5, 5.41) is 24.6. The molecule has 1 aromatic carbocycles. The number of thioether (sulfide) groups is 1. The number of fused-ring (bicyclic) bond motifs is 1. The van der Waals surface area contributed by atoms with E-state index in [1.807, 2.05) is 31.2 Å². The Labute approximate surface area is 183 Å². The Morgan fingerprint density at radius 2 is 2.00 bits per heavy atom. The first-order valence-corrected chi connectivity index (χ1v) is 11.3. The predicted octanol–water partition coefficient (Wildman–Crippen LogP) is 1.75. The molecule has 9 nitrogen and oxygen atoms in total. The summed E-state index contributed by atoms with van der Waals surface area (Å²) in [5.41, 5.74) is 2.33. The first-order valence-electron chi connectivity index (χ1n) is 10.3. The van der Waals surface area contributed by atoms with Gasteiger partial charge in [0.05, 0.1) is 25.1 Å². The fraction of sp³-hybridized carbons (Fsp3) is 0.476. The van der Waals surface area contributed by atoms with Crippen molar-refractivity contribution in [2.75, 3.05) is 24.3 Å². The van der Waals surface area contributed by atoms with Crippen LogP contribution in [0.5, 0.6) is 0 Å². The van der Waals surface area contributed by atoms with Crippen LogP contribution in [0.2, 0.25) is 0 Å². The molecule has 2 aliphatic heterocycles. The number of ether oxygens (including phenoxy) is 2. The lowest BCUT2D eigenvalue weighted by molar-refractivity contribution is -0.0289. The van der Waals surface area contributed by atoms with Crippen LogP contribution in [0.15, 0.2) is 41.8 Å². The van der Waals surface area contributed by atoms with Crippen LogP contribution in [-0.2, 0) is 9.47 Å². The normalized spacial score (nSPS) is 28.4. The molecule has 5 rings (SSSR count). The summed E-state index contributed by atoms with van der Waals surface area (Å²) in [4.78, 5) is 14.2. The van der Waals surface area contributed by atoms with Gasteiger partial charge in [-0.25, -0.2) is 15.0 Å². The van der Waals surface area contributed by atoms with Gasteiger partial charge >= 0.3 is 0 Å². The van der Waals surface area contributed by atoms with Gasteiger partial charge in [-0.15, -0.1) is 11.8 Å². The van der Waals surface area contributed by atoms with E-state index >= 15 is 0 Å². The minimum Gasteiger partial charge on any atom is -0.387 e. The molecule has 3 aromatic rings. The molecular formula is C21H25N5O4S. The molecule has 164 valence electrons. The van der Waals surface area contributed by atoms with Crippen molar-refractivity contribution in [3.8, 4) is 0 Å². The van der Waals surface area contributed by atoms with E-state index in [4.69, 9.17) is 9.47 Å². The van der Waals surface area contributed by atoms with Gasteiger partial charge in [0.2, 0.25) is 0 Å². The van der Waals surface area contributed by atoms with E-state index in [9.17, 15) is 10.2 Å². The lowest BCUT2D eigenvalue weighted by Crippen LogP contribution is -2.32. The predicted molar refractivity (Wildman–Crippen MR) is 116 cm³/mol. The minimum atomic E-state index is -1.09. The van der Waals surface area contributed by atoms with Crippen LogP contribution in [-0.4, -0.2) is 73.1 Å². The molecule has 5 atom stereocenters. The highest BCUT2D eigenvalue weighted by molar-refractivity contribution is 7.99. The average Bonchev–Trinajstić information content (AvgIpc) is 3.50. The molecule has 4 heterocycles. The van der Waals surface area contributed by atoms with E-state index in [-0.39, 0.29) is 6.04 Å². The first kappa shape index (κ1) is 20.7. The van der Waals surface area contributed by atoms with Gasteiger partial charge in [-0.1, -0.05) is 17.7 Å². The number of nitrogens with one attached hydrogen (secondary N) is 1. The Morgan fingerprint density at radius 1 is 1.16 bits per heavy atom. The van der Waals surface area contributed by atoms with Crippen molar-refractivity contribution < 1.29 is 19.7 Å². The zero-order valence-corrected chi connectivity index (χ0v) is 17.9. The summed E-state index contributed by atoms with van der Waals surface area (Å²) in [6, 6.07) is 8.36. The summed E-state index contributed by atoms with van der Waals surface area (Å²) in [6.45, 7) is 3.40. The molecule has 0 bridgehead atoms. The summed E-state index contributed by atoms with van der Waals surface area (Å²) in [5.74, 6) is 1.15. The molecule has 0 saturated carbocycles. The third kappa shape index (κ3) is 4.13. The second kappa shape index (κ2) is 8.71. The Hall–Kier alpha value is -2.24. The Morgan fingerprint density at radius 3 is 2.77 bits per heavy atom. The quantitative estimate of drug-likeness (QED) is 0.490. The van der Waals surface area contributed by atoms with Crippen LogP contribution in [0.3, 0.4) is 0 Å². The van der Waals surface area contributed by atoms with Gasteiger partial charge in [0, 0.05) is 17.3 Å². The topological polar surface area (TPSA) is 115 Å². The van der Waals surface area contributed by atoms with Crippen LogP contribution in [0.4, 0.5) is 5.82 Å². The highest BCUT2D eigenvalue weighted by Crippen LogP contribution is 2.35. The summed E-state index contributed by atoms with van der Waals surface area (Å²) < 4.78 is 13.1. The van der Waals surface area contributed by atoms with Crippen molar-refractivity contribution in [3.05, 3.63) is 42.5 Å². The molecule has 2 saturated heterocycles. The second-order valence-electron chi connectivity index (χ2n) is 7.92. The van der Waals surface area contributed by atoms with E-state index < -0.39 is 24.5 Å². The maximum atomic E-state index is 10.7. The molecule has 0 spiro atoms. The number of aliphatic hydroxyl groups is 2. The third-order valence-corrected chi connectivity index (χ3v) is 6.78. The van der Waals surface area contributed by atoms with Gasteiger partial charge in [0.25, 0.3) is 0 Å². The summed E-state index contributed by atoms with van der Waals surface area (Å²) in [6.07, 6.45) is 0.557. The average molecular weight is 444 g/mol. The van der Waals surface area contributed by atoms with Gasteiger partial charge in [-0.05, 0) is 25.5 Å². The summed E-state index contributed by atoms with van der Waals surface area (Å²) >= 11 is 1.59. The molecule has 0 aliphatic carbocycles. The Bertz CT molecular complexity index is 1040. The number of rotatable bonds is 6. The smallest absolute Gasteiger partial charge is 0.167 e. The van der Waals surface area contributed by atoms with E-state index in [0.29, 0.717) is 29.3 Å². The third-order valence-electron chi connectivity index (χ3n) is 5.68. The van der Waals surface area contributed by atoms with Crippen LogP contribution >= 0.6 is 11.8 Å². The fourth-order valence-electron chi connectivity index (χ4n) is 3.90. The molecule has 2 fully saturated rings. The maximum Gasteiger partial charge on any atom is 0.167 e. The van der Waals surface area contributed by atoms with Crippen molar-refractivity contribution in [2.45, 2.75) is 48.8 Å². The van der Waals surface area contributed by atoms with Crippen LogP contribution in [0.1, 0.15) is 18.2 Å². The van der Waals surface area contributed by atoms with Gasteiger partial charge < -0.3 is 25.0 Å². The number of aliphatic hydroxyl groups excluding tert-OH is 2. The van der Waals surface area contributed by atoms with E-state index in [1.54, 1.807) is 22.7 Å². The molecule has 0 radical (unpaired) electrons. The highest BCUT2D eigenvalue weighted by atomic mass is 32.2. The largest absolute Gasteiger partial charge is 0.387 e. The van der Waals surface area contributed by atoms with Crippen molar-refractivity contribution in [2.24, 2.45) is 0 Å². The van der Waals surface area contributed by atoms with E-state index in [2.05, 4.69) is 20.3 Å². The summed E-state index contributed by atoms with van der Waals surface area (Å²) in [7, 11) is 0. The van der Waals surface area contributed by atoms with Gasteiger partial charge in [0.1, 0.15) is 18.5 Å². The number of imidazole rings is 1. The lowest BCUT2D eigenvalue weighted by Gasteiger charge is -2.17. The van der Waals surface area contributed by atoms with Crippen molar-refractivity contribution in [1.82, 2.24) is 19.5 Å². The zero-order chi connectivity index (χ0) is 21.4. The minimum absolute atomic E-state index is 0.182. The number of benzene rings is 1. The first-order chi connectivity index (χ1) is 15.1. The molecule has 31 heavy (non-hydrogen) atoms. The molecule has 3 unspecified atom stereocenters. The van der Waals surface area contributed by atoms with Crippen molar-refractivity contribution in [1.29, 1.82) is 0 Å². The number of hydrogen-bond acceptors (Lipinski definition) is 9. The van der Waals surface area contributed by atoms with Crippen LogP contribution in [0.25, 0.3) is 11.2 Å². The second-order valence-corrected chi connectivity index (χ2v) is 9.01. The zero-order valence-electron chi connectivity index (χ0n) is 17.1. The van der Waals surface area contributed by atoms with Crippen LogP contribution < -0.4 is 5.32 Å².